The highest BCUT2D eigenvalue weighted by Gasteiger charge is 2.26. The van der Waals surface area contributed by atoms with Crippen LogP contribution in [0.25, 0.3) is 10.9 Å². The van der Waals surface area contributed by atoms with Crippen LogP contribution < -0.4 is 5.32 Å². The van der Waals surface area contributed by atoms with E-state index in [9.17, 15) is 14.9 Å². The molecule has 0 aliphatic carbocycles. The first-order valence-electron chi connectivity index (χ1n) is 9.24. The van der Waals surface area contributed by atoms with Crippen molar-refractivity contribution in [3.63, 3.8) is 0 Å². The van der Waals surface area contributed by atoms with Gasteiger partial charge in [0.25, 0.3) is 5.69 Å². The van der Waals surface area contributed by atoms with E-state index >= 15 is 0 Å². The predicted molar refractivity (Wildman–Crippen MR) is 111 cm³/mol. The Morgan fingerprint density at radius 3 is 2.93 bits per heavy atom. The normalized spacial score (nSPS) is 17.3. The number of rotatable bonds is 5. The van der Waals surface area contributed by atoms with E-state index in [2.05, 4.69) is 36.2 Å². The number of nitrogens with one attached hydrogen (secondary N) is 1. The average molecular weight is 459 g/mol. The molecular weight excluding hydrogens is 440 g/mol. The topological polar surface area (TPSA) is 106 Å². The van der Waals surface area contributed by atoms with Crippen molar-refractivity contribution in [2.24, 2.45) is 5.92 Å². The molecule has 4 rings (SSSR count). The third kappa shape index (κ3) is 4.43. The maximum atomic E-state index is 12.6. The van der Waals surface area contributed by atoms with Gasteiger partial charge in [0.05, 0.1) is 29.2 Å². The number of non-ortho nitro benzene ring substituents is 1. The van der Waals surface area contributed by atoms with Crippen LogP contribution in [0.1, 0.15) is 12.8 Å². The number of anilines is 1. The minimum atomic E-state index is -0.412. The fraction of sp³-hybridized carbons (Fsp3) is 0.316. The van der Waals surface area contributed by atoms with E-state index in [0.717, 1.165) is 34.8 Å². The molecule has 1 saturated heterocycles. The molecule has 0 radical (unpaired) electrons. The second kappa shape index (κ2) is 8.26. The van der Waals surface area contributed by atoms with E-state index in [1.807, 2.05) is 10.7 Å². The molecular formula is C19H19BrN6O3. The van der Waals surface area contributed by atoms with Gasteiger partial charge in [-0.05, 0) is 53.5 Å². The van der Waals surface area contributed by atoms with Gasteiger partial charge >= 0.3 is 0 Å². The maximum absolute atomic E-state index is 12.6. The molecule has 0 bridgehead atoms. The molecule has 1 unspecified atom stereocenters. The SMILES string of the molecule is O=C(Nc1ccc(Br)cn1)C1CCCN(Cn2ncc3cc([N+](=O)[O-])ccc32)C1. The molecule has 1 aliphatic heterocycles. The summed E-state index contributed by atoms with van der Waals surface area (Å²) in [5.41, 5.74) is 0.884. The number of likely N-dealkylation sites (tertiary alicyclic amines) is 1. The van der Waals surface area contributed by atoms with Crippen LogP contribution in [0.15, 0.2) is 47.2 Å². The maximum Gasteiger partial charge on any atom is 0.270 e. The molecule has 150 valence electrons. The van der Waals surface area contributed by atoms with Gasteiger partial charge in [0.15, 0.2) is 0 Å². The van der Waals surface area contributed by atoms with Crippen molar-refractivity contribution in [3.8, 4) is 0 Å². The summed E-state index contributed by atoms with van der Waals surface area (Å²) in [6.45, 7) is 2.02. The molecule has 29 heavy (non-hydrogen) atoms. The Bertz CT molecular complexity index is 1050. The molecule has 1 fully saturated rings. The van der Waals surface area contributed by atoms with Crippen LogP contribution in [0.2, 0.25) is 0 Å². The summed E-state index contributed by atoms with van der Waals surface area (Å²) in [4.78, 5) is 29.5. The van der Waals surface area contributed by atoms with Crippen LogP contribution >= 0.6 is 15.9 Å². The first kappa shape index (κ1) is 19.5. The first-order valence-corrected chi connectivity index (χ1v) is 10.0. The highest BCUT2D eigenvalue weighted by atomic mass is 79.9. The monoisotopic (exact) mass is 458 g/mol. The van der Waals surface area contributed by atoms with Crippen molar-refractivity contribution < 1.29 is 9.72 Å². The van der Waals surface area contributed by atoms with Crippen molar-refractivity contribution in [3.05, 3.63) is 57.3 Å². The quantitative estimate of drug-likeness (QED) is 0.463. The zero-order chi connectivity index (χ0) is 20.4. The number of hydrogen-bond donors (Lipinski definition) is 1. The molecule has 0 saturated carbocycles. The van der Waals surface area contributed by atoms with Gasteiger partial charge in [0.2, 0.25) is 5.91 Å². The van der Waals surface area contributed by atoms with Crippen LogP contribution in [0, 0.1) is 16.0 Å². The molecule has 1 N–H and O–H groups in total. The number of nitro groups is 1. The number of fused-ring (bicyclic) bond motifs is 1. The van der Waals surface area contributed by atoms with Crippen LogP contribution in [0.5, 0.6) is 0 Å². The summed E-state index contributed by atoms with van der Waals surface area (Å²) in [5, 5.41) is 18.9. The standard InChI is InChI=1S/C19H19BrN6O3/c20-15-3-6-18(21-10-15)23-19(27)13-2-1-7-24(11-13)12-25-17-5-4-16(26(28)29)8-14(17)9-22-25/h3-6,8-10,13H,1-2,7,11-12H2,(H,21,23,27). The number of benzene rings is 1. The Kier molecular flexibility index (Phi) is 5.54. The predicted octanol–water partition coefficient (Wildman–Crippen LogP) is 3.41. The van der Waals surface area contributed by atoms with E-state index in [0.29, 0.717) is 19.0 Å². The fourth-order valence-electron chi connectivity index (χ4n) is 3.57. The van der Waals surface area contributed by atoms with Crippen molar-refractivity contribution >= 4 is 44.2 Å². The number of piperidine rings is 1. The molecule has 1 aromatic carbocycles. The zero-order valence-electron chi connectivity index (χ0n) is 15.5. The molecule has 10 heteroatoms. The lowest BCUT2D eigenvalue weighted by Crippen LogP contribution is -2.41. The Morgan fingerprint density at radius 1 is 1.31 bits per heavy atom. The number of pyridine rings is 1. The molecule has 2 aromatic heterocycles. The number of carbonyl (C=O) groups excluding carboxylic acids is 1. The summed E-state index contributed by atoms with van der Waals surface area (Å²) in [5.74, 6) is 0.373. The van der Waals surface area contributed by atoms with E-state index in [-0.39, 0.29) is 17.5 Å². The highest BCUT2D eigenvalue weighted by Crippen LogP contribution is 2.23. The van der Waals surface area contributed by atoms with Crippen LogP contribution in [0.3, 0.4) is 0 Å². The lowest BCUT2D eigenvalue weighted by atomic mass is 9.97. The van der Waals surface area contributed by atoms with Gasteiger partial charge in [-0.1, -0.05) is 0 Å². The summed E-state index contributed by atoms with van der Waals surface area (Å²) < 4.78 is 2.67. The Labute approximate surface area is 175 Å². The minimum Gasteiger partial charge on any atom is -0.310 e. The summed E-state index contributed by atoms with van der Waals surface area (Å²) in [6.07, 6.45) is 5.02. The number of carbonyl (C=O) groups is 1. The van der Waals surface area contributed by atoms with Crippen molar-refractivity contribution in [1.82, 2.24) is 19.7 Å². The lowest BCUT2D eigenvalue weighted by Gasteiger charge is -2.31. The number of aromatic nitrogens is 3. The molecule has 9 nitrogen and oxygen atoms in total. The summed E-state index contributed by atoms with van der Waals surface area (Å²) >= 11 is 3.33. The van der Waals surface area contributed by atoms with Crippen LogP contribution in [0.4, 0.5) is 11.5 Å². The van der Waals surface area contributed by atoms with E-state index in [4.69, 9.17) is 0 Å². The third-order valence-corrected chi connectivity index (χ3v) is 5.49. The van der Waals surface area contributed by atoms with E-state index < -0.39 is 4.92 Å². The molecule has 3 heterocycles. The average Bonchev–Trinajstić information content (AvgIpc) is 3.12. The molecule has 1 atom stereocenters. The van der Waals surface area contributed by atoms with Gasteiger partial charge in [0.1, 0.15) is 5.82 Å². The van der Waals surface area contributed by atoms with Gasteiger partial charge in [-0.15, -0.1) is 0 Å². The molecule has 3 aromatic rings. The molecule has 1 amide bonds. The highest BCUT2D eigenvalue weighted by molar-refractivity contribution is 9.10. The number of nitrogens with zero attached hydrogens (tertiary/aromatic N) is 5. The minimum absolute atomic E-state index is 0.0366. The van der Waals surface area contributed by atoms with Crippen LogP contribution in [-0.4, -0.2) is 43.6 Å². The summed E-state index contributed by atoms with van der Waals surface area (Å²) in [6, 6.07) is 8.32. The number of hydrogen-bond acceptors (Lipinski definition) is 6. The second-order valence-corrected chi connectivity index (χ2v) is 7.97. The van der Waals surface area contributed by atoms with Crippen LogP contribution in [-0.2, 0) is 11.5 Å². The van der Waals surface area contributed by atoms with E-state index in [1.165, 1.54) is 12.1 Å². The molecule has 1 aliphatic rings. The second-order valence-electron chi connectivity index (χ2n) is 7.05. The Balaban J connectivity index is 1.42. The van der Waals surface area contributed by atoms with Gasteiger partial charge in [0, 0.05) is 34.7 Å². The molecule has 0 spiro atoms. The largest absolute Gasteiger partial charge is 0.310 e. The van der Waals surface area contributed by atoms with Gasteiger partial charge in [-0.2, -0.15) is 5.10 Å². The summed E-state index contributed by atoms with van der Waals surface area (Å²) in [7, 11) is 0. The van der Waals surface area contributed by atoms with E-state index in [1.54, 1.807) is 24.5 Å². The fourth-order valence-corrected chi connectivity index (χ4v) is 3.80. The van der Waals surface area contributed by atoms with Gasteiger partial charge < -0.3 is 5.32 Å². The third-order valence-electron chi connectivity index (χ3n) is 5.03. The Hall–Kier alpha value is -2.85. The number of nitro benzene ring substituents is 1. The van der Waals surface area contributed by atoms with Crippen molar-refractivity contribution in [1.29, 1.82) is 0 Å². The lowest BCUT2D eigenvalue weighted by molar-refractivity contribution is -0.384. The first-order chi connectivity index (χ1) is 14.0. The smallest absolute Gasteiger partial charge is 0.270 e. The zero-order valence-corrected chi connectivity index (χ0v) is 17.1. The Morgan fingerprint density at radius 2 is 2.17 bits per heavy atom. The van der Waals surface area contributed by atoms with Gasteiger partial charge in [-0.3, -0.25) is 24.5 Å². The van der Waals surface area contributed by atoms with Gasteiger partial charge in [-0.25, -0.2) is 4.98 Å². The van der Waals surface area contributed by atoms with Crippen molar-refractivity contribution in [2.45, 2.75) is 19.5 Å². The number of halogens is 1. The van der Waals surface area contributed by atoms with Crippen molar-refractivity contribution in [2.75, 3.05) is 18.4 Å². The number of amides is 1.